The molecule has 5 heteroatoms. The largest absolute Gasteiger partial charge is 1.00 e. The zero-order valence-corrected chi connectivity index (χ0v) is 12.3. The molecule has 0 aliphatic heterocycles. The van der Waals surface area contributed by atoms with E-state index in [2.05, 4.69) is 6.92 Å². The Morgan fingerprint density at radius 2 is 2.12 bits per heavy atom. The summed E-state index contributed by atoms with van der Waals surface area (Å²) >= 11 is 0. The van der Waals surface area contributed by atoms with Crippen LogP contribution < -0.4 is 28.5 Å². The van der Waals surface area contributed by atoms with Gasteiger partial charge >= 0.3 is 6.03 Å². The molecule has 0 aromatic carbocycles. The van der Waals surface area contributed by atoms with E-state index in [0.29, 0.717) is 0 Å². The Balaban J connectivity index is 0.00000225. The number of hydrogen-bond donors (Lipinski definition) is 0. The normalized spacial score (nSPS) is 9.69. The van der Waals surface area contributed by atoms with Crippen LogP contribution in [0.25, 0.3) is 0 Å². The Bertz CT molecular complexity index is 325. The number of halogens is 1. The van der Waals surface area contributed by atoms with Crippen molar-refractivity contribution in [3.8, 4) is 0 Å². The number of imidazole rings is 1. The lowest BCUT2D eigenvalue weighted by atomic mass is 10.3. The molecule has 0 bridgehead atoms. The molecule has 0 saturated heterocycles. The fraction of sp³-hybridized carbons (Fsp3) is 0.636. The van der Waals surface area contributed by atoms with Gasteiger partial charge in [0.1, 0.15) is 12.4 Å². The van der Waals surface area contributed by atoms with Gasteiger partial charge in [0.15, 0.2) is 0 Å². The second kappa shape index (κ2) is 7.65. The highest BCUT2D eigenvalue weighted by Crippen LogP contribution is 1.99. The molecule has 1 heterocycles. The van der Waals surface area contributed by atoms with E-state index in [1.165, 1.54) is 0 Å². The van der Waals surface area contributed by atoms with Gasteiger partial charge in [-0.3, -0.25) is 0 Å². The topological polar surface area (TPSA) is 29.1 Å². The van der Waals surface area contributed by atoms with Crippen molar-refractivity contribution in [2.24, 2.45) is 7.05 Å². The van der Waals surface area contributed by atoms with Crippen LogP contribution in [0.15, 0.2) is 18.7 Å². The predicted octanol–water partition coefficient (Wildman–Crippen LogP) is -1.59. The second-order valence-electron chi connectivity index (χ2n) is 3.70. The molecule has 1 aromatic rings. The highest BCUT2D eigenvalue weighted by molar-refractivity contribution is 5.76. The average molecular weight is 337 g/mol. The molecule has 0 saturated carbocycles. The van der Waals surface area contributed by atoms with Gasteiger partial charge in [-0.05, 0) is 13.3 Å². The van der Waals surface area contributed by atoms with Crippen LogP contribution in [0.5, 0.6) is 0 Å². The molecule has 0 fully saturated rings. The molecule has 0 aliphatic rings. The number of aromatic nitrogens is 2. The SMILES string of the molecule is CCCCN(CC)C(=O)n1cc[n+](C)c1.[I-]. The van der Waals surface area contributed by atoms with E-state index in [9.17, 15) is 4.79 Å². The van der Waals surface area contributed by atoms with Gasteiger partial charge in [0.2, 0.25) is 0 Å². The Morgan fingerprint density at radius 1 is 1.44 bits per heavy atom. The van der Waals surface area contributed by atoms with E-state index >= 15 is 0 Å². The van der Waals surface area contributed by atoms with Crippen LogP contribution in [0.2, 0.25) is 0 Å². The highest BCUT2D eigenvalue weighted by Gasteiger charge is 2.18. The zero-order valence-electron chi connectivity index (χ0n) is 10.2. The van der Waals surface area contributed by atoms with Gasteiger partial charge in [-0.25, -0.2) is 9.36 Å². The maximum atomic E-state index is 12.0. The minimum atomic E-state index is 0. The van der Waals surface area contributed by atoms with Crippen molar-refractivity contribution in [1.82, 2.24) is 9.47 Å². The lowest BCUT2D eigenvalue weighted by Gasteiger charge is -2.16. The third-order valence-corrected chi connectivity index (χ3v) is 2.42. The second-order valence-corrected chi connectivity index (χ2v) is 3.70. The Labute approximate surface area is 114 Å². The molecule has 0 radical (unpaired) electrons. The number of amides is 1. The number of aryl methyl sites for hydroxylation is 1. The first-order valence-electron chi connectivity index (χ1n) is 5.51. The van der Waals surface area contributed by atoms with E-state index in [0.717, 1.165) is 25.9 Å². The number of rotatable bonds is 4. The molecular weight excluding hydrogens is 317 g/mol. The van der Waals surface area contributed by atoms with Crippen LogP contribution in [-0.4, -0.2) is 28.6 Å². The van der Waals surface area contributed by atoms with Crippen LogP contribution in [0.1, 0.15) is 26.7 Å². The third-order valence-electron chi connectivity index (χ3n) is 2.42. The van der Waals surface area contributed by atoms with E-state index in [-0.39, 0.29) is 30.0 Å². The van der Waals surface area contributed by atoms with E-state index < -0.39 is 0 Å². The number of nitrogens with zero attached hydrogens (tertiary/aromatic N) is 3. The summed E-state index contributed by atoms with van der Waals surface area (Å²) in [6.45, 7) is 5.75. The van der Waals surface area contributed by atoms with Gasteiger partial charge < -0.3 is 28.9 Å². The van der Waals surface area contributed by atoms with E-state index in [4.69, 9.17) is 0 Å². The molecule has 16 heavy (non-hydrogen) atoms. The maximum absolute atomic E-state index is 12.0. The fourth-order valence-electron chi connectivity index (χ4n) is 1.46. The van der Waals surface area contributed by atoms with Crippen molar-refractivity contribution >= 4 is 6.03 Å². The first-order valence-corrected chi connectivity index (χ1v) is 5.51. The number of unbranched alkanes of at least 4 members (excludes halogenated alkanes) is 1. The minimum Gasteiger partial charge on any atom is -1.00 e. The highest BCUT2D eigenvalue weighted by atomic mass is 127. The third kappa shape index (κ3) is 4.11. The monoisotopic (exact) mass is 337 g/mol. The molecule has 1 aromatic heterocycles. The molecule has 0 unspecified atom stereocenters. The number of hydrogen-bond acceptors (Lipinski definition) is 1. The van der Waals surface area contributed by atoms with Gasteiger partial charge in [-0.15, -0.1) is 0 Å². The summed E-state index contributed by atoms with van der Waals surface area (Å²) in [7, 11) is 1.91. The van der Waals surface area contributed by atoms with Crippen molar-refractivity contribution < 1.29 is 33.3 Å². The standard InChI is InChI=1S/C11H20N3O.HI/c1-4-6-7-13(5-2)11(15)14-9-8-12(3)10-14;/h8-10H,4-7H2,1-3H3;1H/q+1;/p-1. The minimum absolute atomic E-state index is 0. The molecule has 92 valence electrons. The van der Waals surface area contributed by atoms with Crippen molar-refractivity contribution in [2.45, 2.75) is 26.7 Å². The van der Waals surface area contributed by atoms with E-state index in [1.54, 1.807) is 17.1 Å². The molecule has 0 N–H and O–H groups in total. The predicted molar refractivity (Wildman–Crippen MR) is 58.6 cm³/mol. The Hall–Kier alpha value is -0.590. The van der Waals surface area contributed by atoms with Gasteiger partial charge in [-0.1, -0.05) is 13.3 Å². The maximum Gasteiger partial charge on any atom is 0.415 e. The molecule has 1 rings (SSSR count). The average Bonchev–Trinajstić information content (AvgIpc) is 2.65. The van der Waals surface area contributed by atoms with Gasteiger partial charge in [0.25, 0.3) is 6.33 Å². The quantitative estimate of drug-likeness (QED) is 0.481. The van der Waals surface area contributed by atoms with Crippen molar-refractivity contribution in [2.75, 3.05) is 13.1 Å². The summed E-state index contributed by atoms with van der Waals surface area (Å²) in [5, 5.41) is 0. The Kier molecular flexibility index (Phi) is 7.36. The van der Waals surface area contributed by atoms with Crippen molar-refractivity contribution in [3.05, 3.63) is 18.7 Å². The molecule has 1 amide bonds. The van der Waals surface area contributed by atoms with Gasteiger partial charge in [0, 0.05) is 13.1 Å². The lowest BCUT2D eigenvalue weighted by molar-refractivity contribution is -0.670. The summed E-state index contributed by atoms with van der Waals surface area (Å²) in [4.78, 5) is 13.8. The molecule has 4 nitrogen and oxygen atoms in total. The van der Waals surface area contributed by atoms with Crippen LogP contribution in [-0.2, 0) is 7.05 Å². The van der Waals surface area contributed by atoms with Crippen LogP contribution in [0, 0.1) is 0 Å². The lowest BCUT2D eigenvalue weighted by Crippen LogP contribution is -3.00. The van der Waals surface area contributed by atoms with Crippen LogP contribution >= 0.6 is 0 Å². The number of carbonyl (C=O) groups excluding carboxylic acids is 1. The molecule has 0 aliphatic carbocycles. The fourth-order valence-corrected chi connectivity index (χ4v) is 1.46. The first-order chi connectivity index (χ1) is 7.19. The summed E-state index contributed by atoms with van der Waals surface area (Å²) in [6, 6.07) is 0.0616. The number of carbonyl (C=O) groups is 1. The van der Waals surface area contributed by atoms with Gasteiger partial charge in [0.05, 0.1) is 7.05 Å². The summed E-state index contributed by atoms with van der Waals surface area (Å²) in [5.41, 5.74) is 0. The van der Waals surface area contributed by atoms with Crippen LogP contribution in [0.3, 0.4) is 0 Å². The Morgan fingerprint density at radius 3 is 2.56 bits per heavy atom. The summed E-state index contributed by atoms with van der Waals surface area (Å²) in [5.74, 6) is 0. The van der Waals surface area contributed by atoms with Crippen molar-refractivity contribution in [1.29, 1.82) is 0 Å². The smallest absolute Gasteiger partial charge is 0.415 e. The first kappa shape index (κ1) is 15.4. The molecular formula is C11H20IN3O. The molecule has 0 atom stereocenters. The van der Waals surface area contributed by atoms with Crippen molar-refractivity contribution in [3.63, 3.8) is 0 Å². The summed E-state index contributed by atoms with van der Waals surface area (Å²) < 4.78 is 3.49. The summed E-state index contributed by atoms with van der Waals surface area (Å²) in [6.07, 6.45) is 7.62. The van der Waals surface area contributed by atoms with Gasteiger partial charge in [-0.2, -0.15) is 4.57 Å². The van der Waals surface area contributed by atoms with E-state index in [1.807, 2.05) is 29.6 Å². The zero-order chi connectivity index (χ0) is 11.3. The molecule has 0 spiro atoms. The van der Waals surface area contributed by atoms with Crippen LogP contribution in [0.4, 0.5) is 4.79 Å².